The minimum atomic E-state index is -3.42. The van der Waals surface area contributed by atoms with E-state index in [1.54, 1.807) is 4.57 Å². The highest BCUT2D eigenvalue weighted by Crippen LogP contribution is 2.55. The zero-order valence-corrected chi connectivity index (χ0v) is 15.7. The highest BCUT2D eigenvalue weighted by Gasteiger charge is 2.63. The van der Waals surface area contributed by atoms with Gasteiger partial charge in [-0.25, -0.2) is 4.98 Å². The summed E-state index contributed by atoms with van der Waals surface area (Å²) in [5, 5.41) is 0. The molecule has 2 fully saturated rings. The van der Waals surface area contributed by atoms with E-state index in [0.717, 1.165) is 0 Å². The predicted molar refractivity (Wildman–Crippen MR) is 93.8 cm³/mol. The number of hydrogen-bond acceptors (Lipinski definition) is 9. The maximum atomic E-state index is 12.0. The van der Waals surface area contributed by atoms with Gasteiger partial charge in [-0.3, -0.25) is 18.9 Å². The SMILES string of the molecule is CC[C@@]12COC(C1OP(O)(=S)OC)[C@H](n1cnc3c(=O)[nH]c(N)nc31)O2. The van der Waals surface area contributed by atoms with Gasteiger partial charge >= 0.3 is 6.72 Å². The van der Waals surface area contributed by atoms with Crippen LogP contribution in [0, 0.1) is 0 Å². The van der Waals surface area contributed by atoms with E-state index in [1.807, 2.05) is 6.92 Å². The molecular weight excluding hydrogens is 385 g/mol. The third-order valence-electron chi connectivity index (χ3n) is 4.77. The number of nitrogens with zero attached hydrogens (tertiary/aromatic N) is 3. The monoisotopic (exact) mass is 403 g/mol. The molecule has 4 heterocycles. The lowest BCUT2D eigenvalue weighted by Gasteiger charge is -2.31. The molecule has 3 unspecified atom stereocenters. The normalized spacial score (nSPS) is 33.0. The molecule has 0 saturated carbocycles. The molecule has 0 aliphatic carbocycles. The molecule has 4 N–H and O–H groups in total. The van der Waals surface area contributed by atoms with Gasteiger partial charge in [0, 0.05) is 7.11 Å². The molecule has 2 aromatic rings. The van der Waals surface area contributed by atoms with Crippen molar-refractivity contribution in [1.82, 2.24) is 19.5 Å². The Labute approximate surface area is 152 Å². The van der Waals surface area contributed by atoms with Gasteiger partial charge in [-0.05, 0) is 18.2 Å². The van der Waals surface area contributed by atoms with Gasteiger partial charge in [0.1, 0.15) is 17.8 Å². The summed E-state index contributed by atoms with van der Waals surface area (Å²) in [5.41, 5.74) is 4.81. The smallest absolute Gasteiger partial charge is 0.324 e. The van der Waals surface area contributed by atoms with Crippen LogP contribution in [-0.2, 0) is 30.3 Å². The molecule has 5 atom stereocenters. The van der Waals surface area contributed by atoms with Crippen LogP contribution < -0.4 is 11.3 Å². The lowest BCUT2D eigenvalue weighted by atomic mass is 9.96. The van der Waals surface area contributed by atoms with Crippen LogP contribution in [0.15, 0.2) is 11.1 Å². The van der Waals surface area contributed by atoms with E-state index in [9.17, 15) is 9.69 Å². The van der Waals surface area contributed by atoms with Crippen LogP contribution in [0.3, 0.4) is 0 Å². The number of H-pyrrole nitrogens is 1. The Balaban J connectivity index is 1.76. The Kier molecular flexibility index (Phi) is 4.19. The second-order valence-corrected chi connectivity index (χ2v) is 9.05. The molecule has 0 amide bonds. The molecule has 2 aromatic heterocycles. The van der Waals surface area contributed by atoms with Crippen molar-refractivity contribution in [2.24, 2.45) is 0 Å². The molecule has 0 aromatic carbocycles. The van der Waals surface area contributed by atoms with Crippen molar-refractivity contribution in [2.45, 2.75) is 37.4 Å². The minimum Gasteiger partial charge on any atom is -0.369 e. The van der Waals surface area contributed by atoms with Gasteiger partial charge in [-0.15, -0.1) is 0 Å². The zero-order valence-electron chi connectivity index (χ0n) is 14.0. The van der Waals surface area contributed by atoms with Crippen LogP contribution in [0.1, 0.15) is 19.6 Å². The Bertz CT molecular complexity index is 964. The summed E-state index contributed by atoms with van der Waals surface area (Å²) in [6.45, 7) is -1.21. The standard InChI is InChI=1S/C13H18N5O6PS/c1-3-13-4-22-7(8(13)24-25(20,26)21-2)11(23-13)18-5-15-6-9(18)16-12(14)17-10(6)19/h5,7-8,11H,3-4H2,1-2H3,(H,20,26)(H3,14,16,17,19)/t7?,8?,11-,13-,25?/m1/s1. The number of rotatable bonds is 5. The second kappa shape index (κ2) is 6.06. The quantitative estimate of drug-likeness (QED) is 0.584. The van der Waals surface area contributed by atoms with E-state index in [2.05, 4.69) is 15.0 Å². The van der Waals surface area contributed by atoms with Gasteiger partial charge < -0.3 is 24.6 Å². The molecule has 142 valence electrons. The highest BCUT2D eigenvalue weighted by atomic mass is 32.5. The third kappa shape index (κ3) is 2.61. The van der Waals surface area contributed by atoms with Gasteiger partial charge in [0.15, 0.2) is 17.4 Å². The Morgan fingerprint density at radius 3 is 3.12 bits per heavy atom. The van der Waals surface area contributed by atoms with Crippen LogP contribution in [0.25, 0.3) is 11.2 Å². The maximum Gasteiger partial charge on any atom is 0.324 e. The Morgan fingerprint density at radius 1 is 1.65 bits per heavy atom. The molecule has 2 bridgehead atoms. The summed E-state index contributed by atoms with van der Waals surface area (Å²) in [6, 6.07) is 0. The van der Waals surface area contributed by atoms with Gasteiger partial charge in [0.05, 0.1) is 12.9 Å². The summed E-state index contributed by atoms with van der Waals surface area (Å²) in [6.07, 6.45) is 0.114. The number of fused-ring (bicyclic) bond motifs is 3. The number of imidazole rings is 1. The van der Waals surface area contributed by atoms with Crippen molar-refractivity contribution in [1.29, 1.82) is 0 Å². The van der Waals surface area contributed by atoms with Crippen molar-refractivity contribution < 1.29 is 23.4 Å². The average Bonchev–Trinajstić information content (AvgIpc) is 3.25. The van der Waals surface area contributed by atoms with Crippen LogP contribution in [-0.4, -0.2) is 55.9 Å². The van der Waals surface area contributed by atoms with Crippen LogP contribution >= 0.6 is 6.72 Å². The van der Waals surface area contributed by atoms with Gasteiger partial charge in [0.2, 0.25) is 5.95 Å². The van der Waals surface area contributed by atoms with Crippen molar-refractivity contribution >= 4 is 35.6 Å². The fourth-order valence-corrected chi connectivity index (χ4v) is 4.38. The lowest BCUT2D eigenvalue weighted by molar-refractivity contribution is -0.172. The summed E-state index contributed by atoms with van der Waals surface area (Å²) in [5.74, 6) is -0.0310. The zero-order chi connectivity index (χ0) is 18.7. The molecular formula is C13H18N5O6PS. The van der Waals surface area contributed by atoms with Crippen molar-refractivity contribution in [3.05, 3.63) is 16.7 Å². The van der Waals surface area contributed by atoms with Crippen molar-refractivity contribution in [3.8, 4) is 0 Å². The minimum absolute atomic E-state index is 0.0310. The molecule has 2 saturated heterocycles. The largest absolute Gasteiger partial charge is 0.369 e. The summed E-state index contributed by atoms with van der Waals surface area (Å²) in [7, 11) is 1.29. The van der Waals surface area contributed by atoms with E-state index >= 15 is 0 Å². The van der Waals surface area contributed by atoms with Crippen LogP contribution in [0.4, 0.5) is 5.95 Å². The number of nitrogens with two attached hydrogens (primary N) is 1. The second-order valence-electron chi connectivity index (χ2n) is 6.15. The van der Waals surface area contributed by atoms with E-state index < -0.39 is 36.3 Å². The van der Waals surface area contributed by atoms with Gasteiger partial charge in [-0.1, -0.05) is 6.92 Å². The first-order valence-corrected chi connectivity index (χ1v) is 10.5. The summed E-state index contributed by atoms with van der Waals surface area (Å²) in [4.78, 5) is 32.7. The number of ether oxygens (including phenoxy) is 2. The molecule has 13 heteroatoms. The number of anilines is 1. The highest BCUT2D eigenvalue weighted by molar-refractivity contribution is 8.07. The van der Waals surface area contributed by atoms with E-state index in [4.69, 9.17) is 36.1 Å². The van der Waals surface area contributed by atoms with E-state index in [0.29, 0.717) is 6.42 Å². The van der Waals surface area contributed by atoms with E-state index in [1.165, 1.54) is 13.4 Å². The molecule has 2 aliphatic rings. The number of aromatic nitrogens is 4. The third-order valence-corrected chi connectivity index (χ3v) is 6.43. The molecule has 2 aliphatic heterocycles. The summed E-state index contributed by atoms with van der Waals surface area (Å²) >= 11 is 4.98. The van der Waals surface area contributed by atoms with Crippen molar-refractivity contribution in [2.75, 3.05) is 19.5 Å². The summed E-state index contributed by atoms with van der Waals surface area (Å²) < 4.78 is 24.2. The van der Waals surface area contributed by atoms with Crippen LogP contribution in [0.5, 0.6) is 0 Å². The number of aromatic amines is 1. The Morgan fingerprint density at radius 2 is 2.42 bits per heavy atom. The van der Waals surface area contributed by atoms with Gasteiger partial charge in [-0.2, -0.15) is 4.98 Å². The number of hydrogen-bond donors (Lipinski definition) is 3. The van der Waals surface area contributed by atoms with Gasteiger partial charge in [0.25, 0.3) is 5.56 Å². The fraction of sp³-hybridized carbons (Fsp3) is 0.615. The predicted octanol–water partition coefficient (Wildman–Crippen LogP) is 0.0266. The van der Waals surface area contributed by atoms with Crippen molar-refractivity contribution in [3.63, 3.8) is 0 Å². The maximum absolute atomic E-state index is 12.0. The fourth-order valence-electron chi connectivity index (χ4n) is 3.42. The Hall–Kier alpha value is -1.40. The lowest BCUT2D eigenvalue weighted by Crippen LogP contribution is -2.40. The van der Waals surface area contributed by atoms with E-state index in [-0.39, 0.29) is 23.7 Å². The van der Waals surface area contributed by atoms with Crippen LogP contribution in [0.2, 0.25) is 0 Å². The number of nitrogens with one attached hydrogen (secondary N) is 1. The first kappa shape index (κ1) is 18.0. The molecule has 4 rings (SSSR count). The molecule has 0 spiro atoms. The molecule has 26 heavy (non-hydrogen) atoms. The first-order valence-electron chi connectivity index (χ1n) is 7.89. The molecule has 11 nitrogen and oxygen atoms in total. The molecule has 0 radical (unpaired) electrons. The topological polar surface area (TPSA) is 147 Å². The first-order chi connectivity index (χ1) is 12.3. The number of nitrogen functional groups attached to an aromatic ring is 1. The average molecular weight is 403 g/mol.